The van der Waals surface area contributed by atoms with E-state index in [1.807, 2.05) is 30.3 Å². The molecular weight excluding hydrogens is 330 g/mol. The molecule has 0 aromatic heterocycles. The molecule has 2 N–H and O–H groups in total. The number of urea groups is 1. The molecule has 2 aromatic rings. The second-order valence-corrected chi connectivity index (χ2v) is 6.14. The van der Waals surface area contributed by atoms with Crippen molar-refractivity contribution in [3.63, 3.8) is 0 Å². The van der Waals surface area contributed by atoms with Crippen LogP contribution < -0.4 is 15.4 Å². The minimum atomic E-state index is -0.525. The third-order valence-corrected chi connectivity index (χ3v) is 3.77. The number of carbonyl (C=O) groups is 2. The number of carbonyl (C=O) groups excluding carboxylic acids is 2. The van der Waals surface area contributed by atoms with E-state index in [0.29, 0.717) is 11.4 Å². The van der Waals surface area contributed by atoms with Gasteiger partial charge in [0.25, 0.3) is 0 Å². The van der Waals surface area contributed by atoms with E-state index in [9.17, 15) is 9.59 Å². The first-order chi connectivity index (χ1) is 12.5. The lowest BCUT2D eigenvalue weighted by molar-refractivity contribution is 0.195. The fraction of sp³-hybridized carbons (Fsp3) is 0.300. The van der Waals surface area contributed by atoms with Gasteiger partial charge < -0.3 is 20.3 Å². The molecule has 0 aliphatic carbocycles. The van der Waals surface area contributed by atoms with Gasteiger partial charge in [0.1, 0.15) is 5.75 Å². The maximum Gasteiger partial charge on any atom is 0.413 e. The van der Waals surface area contributed by atoms with Gasteiger partial charge in [0, 0.05) is 25.8 Å². The van der Waals surface area contributed by atoms with Crippen LogP contribution in [-0.2, 0) is 0 Å². The largest absolute Gasteiger partial charge is 0.413 e. The van der Waals surface area contributed by atoms with Crippen LogP contribution in [0.25, 0.3) is 0 Å². The molecule has 138 valence electrons. The molecule has 0 radical (unpaired) electrons. The molecule has 0 fully saturated rings. The van der Waals surface area contributed by atoms with Crippen molar-refractivity contribution in [2.24, 2.45) is 0 Å². The standard InChI is InChI=1S/C20H25N3O3/c1-4-9-18(15-10-6-5-7-11-15)22-20(25)26-17-13-8-12-16(14-17)21-19(24)23(2)3/h5-8,10-14,18H,4,9H2,1-3H3,(H,21,24)(H,22,25). The number of anilines is 1. The van der Waals surface area contributed by atoms with Crippen molar-refractivity contribution in [2.75, 3.05) is 19.4 Å². The quantitative estimate of drug-likeness (QED) is 0.806. The Hall–Kier alpha value is -3.02. The summed E-state index contributed by atoms with van der Waals surface area (Å²) in [7, 11) is 3.31. The van der Waals surface area contributed by atoms with Crippen molar-refractivity contribution in [3.05, 3.63) is 60.2 Å². The summed E-state index contributed by atoms with van der Waals surface area (Å²) in [6.07, 6.45) is 1.23. The summed E-state index contributed by atoms with van der Waals surface area (Å²) in [6.45, 7) is 2.07. The molecule has 0 aliphatic rings. The van der Waals surface area contributed by atoms with E-state index in [1.54, 1.807) is 38.4 Å². The number of benzene rings is 2. The van der Waals surface area contributed by atoms with E-state index >= 15 is 0 Å². The molecule has 6 heteroatoms. The van der Waals surface area contributed by atoms with Gasteiger partial charge in [0.05, 0.1) is 6.04 Å². The molecule has 6 nitrogen and oxygen atoms in total. The Bertz CT molecular complexity index is 732. The van der Waals surface area contributed by atoms with Crippen LogP contribution in [0.1, 0.15) is 31.4 Å². The van der Waals surface area contributed by atoms with Crippen molar-refractivity contribution in [3.8, 4) is 5.75 Å². The van der Waals surface area contributed by atoms with Crippen molar-refractivity contribution in [1.82, 2.24) is 10.2 Å². The summed E-state index contributed by atoms with van der Waals surface area (Å²) < 4.78 is 5.38. The molecular formula is C20H25N3O3. The fourth-order valence-electron chi connectivity index (χ4n) is 2.45. The lowest BCUT2D eigenvalue weighted by Crippen LogP contribution is -2.31. The zero-order valence-corrected chi connectivity index (χ0v) is 15.4. The summed E-state index contributed by atoms with van der Waals surface area (Å²) in [5.41, 5.74) is 1.60. The zero-order valence-electron chi connectivity index (χ0n) is 15.4. The summed E-state index contributed by atoms with van der Waals surface area (Å²) >= 11 is 0. The molecule has 2 rings (SSSR count). The molecule has 0 spiro atoms. The number of hydrogen-bond donors (Lipinski definition) is 2. The maximum atomic E-state index is 12.3. The van der Waals surface area contributed by atoms with Crippen LogP contribution in [0.15, 0.2) is 54.6 Å². The van der Waals surface area contributed by atoms with Gasteiger partial charge in [-0.25, -0.2) is 9.59 Å². The van der Waals surface area contributed by atoms with Gasteiger partial charge in [-0.1, -0.05) is 49.7 Å². The number of amides is 3. The van der Waals surface area contributed by atoms with E-state index < -0.39 is 6.09 Å². The van der Waals surface area contributed by atoms with Crippen LogP contribution in [0.4, 0.5) is 15.3 Å². The fourth-order valence-corrected chi connectivity index (χ4v) is 2.45. The highest BCUT2D eigenvalue weighted by Crippen LogP contribution is 2.20. The monoisotopic (exact) mass is 355 g/mol. The minimum absolute atomic E-state index is 0.106. The number of nitrogens with one attached hydrogen (secondary N) is 2. The lowest BCUT2D eigenvalue weighted by atomic mass is 10.0. The predicted octanol–water partition coefficient (Wildman–Crippen LogP) is 4.41. The minimum Gasteiger partial charge on any atom is -0.410 e. The normalized spacial score (nSPS) is 11.3. The molecule has 2 aromatic carbocycles. The number of nitrogens with zero attached hydrogens (tertiary/aromatic N) is 1. The Morgan fingerprint density at radius 3 is 2.46 bits per heavy atom. The van der Waals surface area contributed by atoms with Gasteiger partial charge in [-0.05, 0) is 24.1 Å². The van der Waals surface area contributed by atoms with Crippen molar-refractivity contribution >= 4 is 17.8 Å². The Labute approximate surface area is 154 Å². The van der Waals surface area contributed by atoms with Gasteiger partial charge >= 0.3 is 12.1 Å². The summed E-state index contributed by atoms with van der Waals surface area (Å²) in [6, 6.07) is 16.2. The smallest absolute Gasteiger partial charge is 0.410 e. The molecule has 0 saturated heterocycles. The first-order valence-electron chi connectivity index (χ1n) is 8.61. The SMILES string of the molecule is CCCC(NC(=O)Oc1cccc(NC(=O)N(C)C)c1)c1ccccc1. The van der Waals surface area contributed by atoms with Crippen LogP contribution in [0.3, 0.4) is 0 Å². The average molecular weight is 355 g/mol. The number of ether oxygens (including phenoxy) is 1. The predicted molar refractivity (Wildman–Crippen MR) is 102 cm³/mol. The van der Waals surface area contributed by atoms with Crippen molar-refractivity contribution in [2.45, 2.75) is 25.8 Å². The van der Waals surface area contributed by atoms with Gasteiger partial charge in [-0.15, -0.1) is 0 Å². The van der Waals surface area contributed by atoms with Gasteiger partial charge in [-0.2, -0.15) is 0 Å². The van der Waals surface area contributed by atoms with E-state index in [-0.39, 0.29) is 12.1 Å². The Morgan fingerprint density at radius 1 is 1.08 bits per heavy atom. The van der Waals surface area contributed by atoms with Crippen LogP contribution >= 0.6 is 0 Å². The average Bonchev–Trinajstić information content (AvgIpc) is 2.62. The van der Waals surface area contributed by atoms with E-state index in [4.69, 9.17) is 4.74 Å². The zero-order chi connectivity index (χ0) is 18.9. The maximum absolute atomic E-state index is 12.3. The molecule has 3 amide bonds. The van der Waals surface area contributed by atoms with Crippen LogP contribution in [0.2, 0.25) is 0 Å². The van der Waals surface area contributed by atoms with Crippen LogP contribution in [0.5, 0.6) is 5.75 Å². The van der Waals surface area contributed by atoms with Gasteiger partial charge in [0.2, 0.25) is 0 Å². The second-order valence-electron chi connectivity index (χ2n) is 6.14. The highest BCUT2D eigenvalue weighted by atomic mass is 16.6. The lowest BCUT2D eigenvalue weighted by Gasteiger charge is -2.18. The molecule has 1 unspecified atom stereocenters. The summed E-state index contributed by atoms with van der Waals surface area (Å²) in [5.74, 6) is 0.363. The van der Waals surface area contributed by atoms with E-state index in [0.717, 1.165) is 18.4 Å². The Morgan fingerprint density at radius 2 is 1.81 bits per heavy atom. The second kappa shape index (κ2) is 9.46. The molecule has 0 aliphatic heterocycles. The van der Waals surface area contributed by atoms with Crippen molar-refractivity contribution < 1.29 is 14.3 Å². The van der Waals surface area contributed by atoms with Crippen molar-refractivity contribution in [1.29, 1.82) is 0 Å². The molecule has 1 atom stereocenters. The third kappa shape index (κ3) is 5.81. The number of hydrogen-bond acceptors (Lipinski definition) is 3. The van der Waals surface area contributed by atoms with Gasteiger partial charge in [-0.3, -0.25) is 0 Å². The van der Waals surface area contributed by atoms with E-state index in [1.165, 1.54) is 4.90 Å². The topological polar surface area (TPSA) is 70.7 Å². The first kappa shape index (κ1) is 19.3. The molecule has 0 bridgehead atoms. The summed E-state index contributed by atoms with van der Waals surface area (Å²) in [5, 5.41) is 5.62. The van der Waals surface area contributed by atoms with Crippen LogP contribution in [-0.4, -0.2) is 31.1 Å². The third-order valence-electron chi connectivity index (χ3n) is 3.77. The van der Waals surface area contributed by atoms with Crippen LogP contribution in [0, 0.1) is 0 Å². The van der Waals surface area contributed by atoms with E-state index in [2.05, 4.69) is 17.6 Å². The molecule has 0 saturated carbocycles. The Balaban J connectivity index is 2.01. The molecule has 0 heterocycles. The Kier molecular flexibility index (Phi) is 7.02. The number of rotatable bonds is 6. The highest BCUT2D eigenvalue weighted by molar-refractivity contribution is 5.89. The molecule has 26 heavy (non-hydrogen) atoms. The highest BCUT2D eigenvalue weighted by Gasteiger charge is 2.15. The van der Waals surface area contributed by atoms with Gasteiger partial charge in [0.15, 0.2) is 0 Å². The first-order valence-corrected chi connectivity index (χ1v) is 8.61. The summed E-state index contributed by atoms with van der Waals surface area (Å²) in [4.78, 5) is 25.4.